The molecule has 0 bridgehead atoms. The molecule has 2 heterocycles. The highest BCUT2D eigenvalue weighted by Crippen LogP contribution is 2.22. The van der Waals surface area contributed by atoms with E-state index in [4.69, 9.17) is 4.74 Å². The summed E-state index contributed by atoms with van der Waals surface area (Å²) < 4.78 is 6.34. The summed E-state index contributed by atoms with van der Waals surface area (Å²) in [5.74, 6) is -2.41. The van der Waals surface area contributed by atoms with Crippen LogP contribution in [0.25, 0.3) is 10.2 Å². The maximum atomic E-state index is 12.7. The zero-order chi connectivity index (χ0) is 21.7. The summed E-state index contributed by atoms with van der Waals surface area (Å²) in [7, 11) is 1.24. The number of carboxylic acids is 1. The van der Waals surface area contributed by atoms with Crippen molar-refractivity contribution >= 4 is 56.8 Å². The van der Waals surface area contributed by atoms with Crippen LogP contribution in [0.4, 0.5) is 5.69 Å². The fourth-order valence-electron chi connectivity index (χ4n) is 2.63. The van der Waals surface area contributed by atoms with Gasteiger partial charge in [0.15, 0.2) is 5.16 Å². The molecule has 0 spiro atoms. The van der Waals surface area contributed by atoms with Crippen molar-refractivity contribution in [2.45, 2.75) is 18.1 Å². The van der Waals surface area contributed by atoms with E-state index in [9.17, 15) is 24.3 Å². The van der Waals surface area contributed by atoms with Gasteiger partial charge in [-0.3, -0.25) is 14.2 Å². The van der Waals surface area contributed by atoms with Gasteiger partial charge in [-0.15, -0.1) is 11.3 Å². The van der Waals surface area contributed by atoms with Crippen LogP contribution < -0.4 is 16.0 Å². The number of anilines is 1. The second-order valence-electron chi connectivity index (χ2n) is 5.98. The molecule has 2 aromatic heterocycles. The van der Waals surface area contributed by atoms with E-state index in [-0.39, 0.29) is 35.0 Å². The van der Waals surface area contributed by atoms with E-state index in [0.717, 1.165) is 11.8 Å². The van der Waals surface area contributed by atoms with E-state index in [1.54, 1.807) is 29.6 Å². The number of para-hydroxylation sites is 1. The van der Waals surface area contributed by atoms with Crippen molar-refractivity contribution in [3.05, 3.63) is 51.6 Å². The number of hydrogen-bond acceptors (Lipinski definition) is 9. The van der Waals surface area contributed by atoms with E-state index >= 15 is 0 Å². The third-order valence-corrected chi connectivity index (χ3v) is 5.88. The Labute approximate surface area is 178 Å². The quantitative estimate of drug-likeness (QED) is 0.309. The highest BCUT2D eigenvalue weighted by atomic mass is 32.2. The van der Waals surface area contributed by atoms with Crippen molar-refractivity contribution in [3.8, 4) is 0 Å². The number of aromatic nitrogens is 2. The fourth-order valence-corrected chi connectivity index (χ4v) is 4.23. The number of nitrogens with one attached hydrogen (secondary N) is 1. The predicted molar refractivity (Wildman–Crippen MR) is 111 cm³/mol. The minimum absolute atomic E-state index is 0.108. The minimum atomic E-state index is -1.29. The Morgan fingerprint density at radius 2 is 2.03 bits per heavy atom. The van der Waals surface area contributed by atoms with Crippen molar-refractivity contribution in [3.63, 3.8) is 0 Å². The molecule has 3 rings (SSSR count). The number of fused-ring (bicyclic) bond motifs is 1. The smallest absolute Gasteiger partial charge is 0.339 e. The first-order chi connectivity index (χ1) is 14.4. The molecule has 0 radical (unpaired) electrons. The number of amides is 1. The van der Waals surface area contributed by atoms with Gasteiger partial charge < -0.3 is 20.0 Å². The summed E-state index contributed by atoms with van der Waals surface area (Å²) in [4.78, 5) is 52.1. The van der Waals surface area contributed by atoms with E-state index < -0.39 is 17.8 Å². The Hall–Kier alpha value is -3.18. The number of rotatable bonds is 8. The number of carboxylic acid groups (broad SMARTS) is 1. The van der Waals surface area contributed by atoms with Gasteiger partial charge >= 0.3 is 5.97 Å². The average molecular weight is 446 g/mol. The largest absolute Gasteiger partial charge is 0.550 e. The zero-order valence-electron chi connectivity index (χ0n) is 15.7. The van der Waals surface area contributed by atoms with Gasteiger partial charge in [-0.2, -0.15) is 0 Å². The number of methoxy groups -OCH3 is 1. The van der Waals surface area contributed by atoms with Crippen molar-refractivity contribution in [2.75, 3.05) is 18.2 Å². The van der Waals surface area contributed by atoms with Crippen LogP contribution in [-0.4, -0.2) is 40.3 Å². The van der Waals surface area contributed by atoms with Gasteiger partial charge in [0.1, 0.15) is 4.70 Å². The molecule has 156 valence electrons. The molecule has 0 aliphatic carbocycles. The van der Waals surface area contributed by atoms with Gasteiger partial charge in [0.2, 0.25) is 5.91 Å². The normalized spacial score (nSPS) is 10.7. The zero-order valence-corrected chi connectivity index (χ0v) is 17.4. The summed E-state index contributed by atoms with van der Waals surface area (Å²) >= 11 is 2.21. The first-order valence-corrected chi connectivity index (χ1v) is 10.5. The molecule has 0 aliphatic rings. The standard InChI is InChI=1S/C19H17N3O6S2/c1-28-18(27)11-4-2-3-5-12(11)20-14(23)10-30-19-21-13-7-9-29-16(13)17(26)22(19)8-6-15(24)25/h2-5,7,9H,6,8,10H2,1H3,(H,20,23)(H,24,25)/p-1. The monoisotopic (exact) mass is 446 g/mol. The van der Waals surface area contributed by atoms with E-state index in [2.05, 4.69) is 10.3 Å². The lowest BCUT2D eigenvalue weighted by atomic mass is 10.2. The van der Waals surface area contributed by atoms with Crippen LogP contribution in [0.15, 0.2) is 45.7 Å². The van der Waals surface area contributed by atoms with Gasteiger partial charge in [-0.1, -0.05) is 23.9 Å². The number of thioether (sulfide) groups is 1. The number of carbonyl (C=O) groups excluding carboxylic acids is 3. The lowest BCUT2D eigenvalue weighted by Crippen LogP contribution is -2.29. The van der Waals surface area contributed by atoms with Crippen molar-refractivity contribution in [2.24, 2.45) is 0 Å². The summed E-state index contributed by atoms with van der Waals surface area (Å²) in [6.45, 7) is -0.114. The molecule has 0 atom stereocenters. The molecular weight excluding hydrogens is 430 g/mol. The molecule has 1 N–H and O–H groups in total. The average Bonchev–Trinajstić information content (AvgIpc) is 3.20. The highest BCUT2D eigenvalue weighted by molar-refractivity contribution is 7.99. The van der Waals surface area contributed by atoms with Crippen LogP contribution in [0.2, 0.25) is 0 Å². The highest BCUT2D eigenvalue weighted by Gasteiger charge is 2.16. The third-order valence-electron chi connectivity index (χ3n) is 4.01. The molecule has 1 amide bonds. The maximum Gasteiger partial charge on any atom is 0.339 e. The van der Waals surface area contributed by atoms with E-state index in [1.165, 1.54) is 29.1 Å². The first kappa shape index (κ1) is 21.5. The molecule has 0 saturated carbocycles. The van der Waals surface area contributed by atoms with Gasteiger partial charge in [-0.05, 0) is 23.6 Å². The first-order valence-electron chi connectivity index (χ1n) is 8.68. The SMILES string of the molecule is COC(=O)c1ccccc1NC(=O)CSc1nc2ccsc2c(=O)n1CCC(=O)[O-]. The number of carbonyl (C=O) groups is 3. The van der Waals surface area contributed by atoms with Crippen LogP contribution in [0.1, 0.15) is 16.8 Å². The lowest BCUT2D eigenvalue weighted by molar-refractivity contribution is -0.306. The molecular formula is C19H16N3O6S2-. The van der Waals surface area contributed by atoms with Crippen LogP contribution in [0.3, 0.4) is 0 Å². The summed E-state index contributed by atoms with van der Waals surface area (Å²) in [6, 6.07) is 8.09. The summed E-state index contributed by atoms with van der Waals surface area (Å²) in [6.07, 6.45) is -0.356. The van der Waals surface area contributed by atoms with Crippen molar-refractivity contribution < 1.29 is 24.2 Å². The molecule has 0 fully saturated rings. The number of hydrogen-bond donors (Lipinski definition) is 1. The van der Waals surface area contributed by atoms with Crippen molar-refractivity contribution in [1.29, 1.82) is 0 Å². The van der Waals surface area contributed by atoms with Crippen LogP contribution in [-0.2, 0) is 20.9 Å². The second kappa shape index (κ2) is 9.55. The predicted octanol–water partition coefficient (Wildman–Crippen LogP) is 1.12. The number of ether oxygens (including phenoxy) is 1. The third kappa shape index (κ3) is 4.86. The topological polar surface area (TPSA) is 130 Å². The molecule has 11 heteroatoms. The van der Waals surface area contributed by atoms with Gasteiger partial charge in [0.05, 0.1) is 29.6 Å². The molecule has 0 unspecified atom stereocenters. The molecule has 1 aromatic carbocycles. The molecule has 30 heavy (non-hydrogen) atoms. The van der Waals surface area contributed by atoms with E-state index in [1.807, 2.05) is 0 Å². The molecule has 0 saturated heterocycles. The number of nitrogens with zero attached hydrogens (tertiary/aromatic N) is 2. The van der Waals surface area contributed by atoms with Crippen LogP contribution in [0.5, 0.6) is 0 Å². The number of thiophene rings is 1. The Kier molecular flexibility index (Phi) is 6.85. The van der Waals surface area contributed by atoms with Gasteiger partial charge in [0, 0.05) is 18.9 Å². The van der Waals surface area contributed by atoms with E-state index in [0.29, 0.717) is 15.9 Å². The summed E-state index contributed by atoms with van der Waals surface area (Å²) in [5, 5.41) is 15.4. The molecule has 9 nitrogen and oxygen atoms in total. The number of aliphatic carboxylic acids is 1. The lowest BCUT2D eigenvalue weighted by Gasteiger charge is -2.13. The number of benzene rings is 1. The molecule has 0 aliphatic heterocycles. The Bertz CT molecular complexity index is 1170. The Morgan fingerprint density at radius 3 is 2.77 bits per heavy atom. The fraction of sp³-hybridized carbons (Fsp3) is 0.211. The van der Waals surface area contributed by atoms with Crippen molar-refractivity contribution in [1.82, 2.24) is 9.55 Å². The Balaban J connectivity index is 1.79. The molecule has 3 aromatic rings. The minimum Gasteiger partial charge on any atom is -0.550 e. The van der Waals surface area contributed by atoms with Crippen LogP contribution in [0, 0.1) is 0 Å². The second-order valence-corrected chi connectivity index (χ2v) is 7.84. The number of esters is 1. The maximum absolute atomic E-state index is 12.7. The van der Waals surface area contributed by atoms with Gasteiger partial charge in [-0.25, -0.2) is 9.78 Å². The van der Waals surface area contributed by atoms with Gasteiger partial charge in [0.25, 0.3) is 5.56 Å². The summed E-state index contributed by atoms with van der Waals surface area (Å²) in [5.41, 5.74) is 0.622. The van der Waals surface area contributed by atoms with Crippen LogP contribution >= 0.6 is 23.1 Å². The Morgan fingerprint density at radius 1 is 1.27 bits per heavy atom.